The molecule has 1 atom stereocenters. The number of aromatic nitrogens is 1. The van der Waals surface area contributed by atoms with E-state index in [-0.39, 0.29) is 43.7 Å². The van der Waals surface area contributed by atoms with Crippen molar-refractivity contribution in [1.82, 2.24) is 10.3 Å². The number of benzene rings is 1. The summed E-state index contributed by atoms with van der Waals surface area (Å²) in [4.78, 5) is 44.2. The zero-order valence-electron chi connectivity index (χ0n) is 16.3. The van der Waals surface area contributed by atoms with Crippen LogP contribution in [0.2, 0.25) is 0 Å². The Bertz CT molecular complexity index is 1100. The van der Waals surface area contributed by atoms with Crippen LogP contribution in [-0.4, -0.2) is 47.4 Å². The number of Topliss-reactive ketones (excluding diaryl/α,β-unsaturated/α-hetero) is 1. The Balaban J connectivity index is 1.55. The van der Waals surface area contributed by atoms with Crippen molar-refractivity contribution in [2.75, 3.05) is 24.6 Å². The molecule has 0 saturated carbocycles. The van der Waals surface area contributed by atoms with Crippen LogP contribution in [0, 0.1) is 0 Å². The van der Waals surface area contributed by atoms with Crippen LogP contribution in [0.4, 0.5) is 5.13 Å². The Morgan fingerprint density at radius 1 is 1.19 bits per heavy atom. The lowest BCUT2D eigenvalue weighted by atomic mass is 10.1. The lowest BCUT2D eigenvalue weighted by molar-refractivity contribution is -0.121. The van der Waals surface area contributed by atoms with E-state index in [1.165, 1.54) is 27.6 Å². The number of ether oxygens (including phenoxy) is 1. The van der Waals surface area contributed by atoms with Gasteiger partial charge in [0.15, 0.2) is 5.13 Å². The predicted octanol–water partition coefficient (Wildman–Crippen LogP) is 2.67. The number of thiophene rings is 1. The Hall–Kier alpha value is -3.08. The first-order valence-electron chi connectivity index (χ1n) is 9.56. The number of amides is 2. The number of para-hydroxylation sites is 1. The number of carbonyl (C=O) groups is 3. The van der Waals surface area contributed by atoms with Gasteiger partial charge in [0, 0.05) is 24.9 Å². The molecular weight excluding hydrogens is 438 g/mol. The molecule has 8 nitrogen and oxygen atoms in total. The molecule has 3 aromatic rings. The SMILES string of the molecule is O=C(CCN(C(=O)c1cccs1)c1nc(C2Oc3ccccc3C2=O)cs1)NCCO. The number of aliphatic hydroxyl groups excluding tert-OH is 1. The molecule has 0 fully saturated rings. The number of anilines is 1. The van der Waals surface area contributed by atoms with Gasteiger partial charge in [-0.15, -0.1) is 22.7 Å². The average Bonchev–Trinajstić information content (AvgIpc) is 3.53. The molecule has 1 aliphatic heterocycles. The number of hydrogen-bond donors (Lipinski definition) is 2. The Labute approximate surface area is 186 Å². The molecule has 2 amide bonds. The van der Waals surface area contributed by atoms with Crippen molar-refractivity contribution in [2.45, 2.75) is 12.5 Å². The molecule has 1 aliphatic rings. The average molecular weight is 458 g/mol. The number of fused-ring (bicyclic) bond motifs is 1. The molecule has 3 heterocycles. The van der Waals surface area contributed by atoms with Gasteiger partial charge in [-0.05, 0) is 23.6 Å². The third-order valence-corrected chi connectivity index (χ3v) is 6.36. The van der Waals surface area contributed by atoms with Gasteiger partial charge >= 0.3 is 0 Å². The van der Waals surface area contributed by atoms with Gasteiger partial charge in [0.1, 0.15) is 11.4 Å². The van der Waals surface area contributed by atoms with Gasteiger partial charge in [-0.2, -0.15) is 0 Å². The Morgan fingerprint density at radius 2 is 2.03 bits per heavy atom. The summed E-state index contributed by atoms with van der Waals surface area (Å²) in [6.07, 6.45) is -0.801. The van der Waals surface area contributed by atoms with Crippen LogP contribution in [0.5, 0.6) is 5.75 Å². The summed E-state index contributed by atoms with van der Waals surface area (Å²) >= 11 is 2.51. The third-order valence-electron chi connectivity index (χ3n) is 4.62. The molecule has 10 heteroatoms. The monoisotopic (exact) mass is 457 g/mol. The number of nitrogens with zero attached hydrogens (tertiary/aromatic N) is 2. The summed E-state index contributed by atoms with van der Waals surface area (Å²) in [5.41, 5.74) is 0.934. The second-order valence-corrected chi connectivity index (χ2v) is 8.46. The van der Waals surface area contributed by atoms with Crippen LogP contribution < -0.4 is 15.0 Å². The van der Waals surface area contributed by atoms with Gasteiger partial charge < -0.3 is 15.2 Å². The smallest absolute Gasteiger partial charge is 0.270 e. The van der Waals surface area contributed by atoms with E-state index in [0.717, 1.165) is 0 Å². The summed E-state index contributed by atoms with van der Waals surface area (Å²) in [6, 6.07) is 10.5. The van der Waals surface area contributed by atoms with Crippen molar-refractivity contribution >= 4 is 45.4 Å². The minimum atomic E-state index is -0.853. The van der Waals surface area contributed by atoms with Crippen LogP contribution in [-0.2, 0) is 4.79 Å². The largest absolute Gasteiger partial charge is 0.475 e. The second kappa shape index (κ2) is 9.38. The maximum atomic E-state index is 13.0. The molecular formula is C21H19N3O5S2. The minimum Gasteiger partial charge on any atom is -0.475 e. The van der Waals surface area contributed by atoms with Gasteiger partial charge in [-0.25, -0.2) is 4.98 Å². The topological polar surface area (TPSA) is 109 Å². The number of rotatable bonds is 8. The Kier molecular flexibility index (Phi) is 6.40. The summed E-state index contributed by atoms with van der Waals surface area (Å²) < 4.78 is 5.78. The number of carbonyl (C=O) groups excluding carboxylic acids is 3. The molecule has 4 rings (SSSR count). The minimum absolute atomic E-state index is 0.0519. The highest BCUT2D eigenvalue weighted by Crippen LogP contribution is 2.37. The van der Waals surface area contributed by atoms with Crippen molar-refractivity contribution in [3.05, 3.63) is 63.3 Å². The molecule has 1 aromatic carbocycles. The first kappa shape index (κ1) is 21.2. The van der Waals surface area contributed by atoms with Gasteiger partial charge in [0.25, 0.3) is 5.91 Å². The lowest BCUT2D eigenvalue weighted by Crippen LogP contribution is -2.35. The highest BCUT2D eigenvalue weighted by Gasteiger charge is 2.35. The summed E-state index contributed by atoms with van der Waals surface area (Å²) in [5.74, 6) is -0.210. The van der Waals surface area contributed by atoms with E-state index >= 15 is 0 Å². The van der Waals surface area contributed by atoms with Gasteiger partial charge in [-0.3, -0.25) is 19.3 Å². The number of nitrogens with one attached hydrogen (secondary N) is 1. The van der Waals surface area contributed by atoms with E-state index < -0.39 is 6.10 Å². The zero-order chi connectivity index (χ0) is 21.8. The molecule has 2 aromatic heterocycles. The maximum Gasteiger partial charge on any atom is 0.270 e. The summed E-state index contributed by atoms with van der Waals surface area (Å²) in [7, 11) is 0. The van der Waals surface area contributed by atoms with E-state index in [2.05, 4.69) is 10.3 Å². The molecule has 160 valence electrons. The van der Waals surface area contributed by atoms with E-state index in [4.69, 9.17) is 9.84 Å². The number of thiazole rings is 1. The molecule has 2 N–H and O–H groups in total. The molecule has 1 unspecified atom stereocenters. The van der Waals surface area contributed by atoms with Crippen molar-refractivity contribution in [3.8, 4) is 5.75 Å². The highest BCUT2D eigenvalue weighted by molar-refractivity contribution is 7.14. The van der Waals surface area contributed by atoms with Crippen LogP contribution in [0.25, 0.3) is 0 Å². The van der Waals surface area contributed by atoms with Gasteiger partial charge in [-0.1, -0.05) is 18.2 Å². The van der Waals surface area contributed by atoms with Crippen molar-refractivity contribution in [2.24, 2.45) is 0 Å². The number of aliphatic hydroxyl groups is 1. The van der Waals surface area contributed by atoms with Crippen molar-refractivity contribution in [3.63, 3.8) is 0 Å². The maximum absolute atomic E-state index is 13.0. The molecule has 0 saturated heterocycles. The van der Waals surface area contributed by atoms with Crippen molar-refractivity contribution in [1.29, 1.82) is 0 Å². The van der Waals surface area contributed by atoms with E-state index in [0.29, 0.717) is 27.0 Å². The predicted molar refractivity (Wildman–Crippen MR) is 117 cm³/mol. The van der Waals surface area contributed by atoms with E-state index in [1.54, 1.807) is 47.2 Å². The number of ketones is 1. The highest BCUT2D eigenvalue weighted by atomic mass is 32.1. The fraction of sp³-hybridized carbons (Fsp3) is 0.238. The first-order valence-corrected chi connectivity index (χ1v) is 11.3. The van der Waals surface area contributed by atoms with Crippen LogP contribution in [0.3, 0.4) is 0 Å². The molecule has 0 bridgehead atoms. The van der Waals surface area contributed by atoms with Crippen LogP contribution in [0.15, 0.2) is 47.2 Å². The summed E-state index contributed by atoms with van der Waals surface area (Å²) in [6.45, 7) is 0.110. The molecule has 0 spiro atoms. The second-order valence-electron chi connectivity index (χ2n) is 6.67. The molecule has 0 radical (unpaired) electrons. The van der Waals surface area contributed by atoms with Gasteiger partial charge in [0.2, 0.25) is 17.8 Å². The summed E-state index contributed by atoms with van der Waals surface area (Å²) in [5, 5.41) is 15.3. The molecule has 31 heavy (non-hydrogen) atoms. The third kappa shape index (κ3) is 4.50. The Morgan fingerprint density at radius 3 is 2.77 bits per heavy atom. The molecule has 0 aliphatic carbocycles. The van der Waals surface area contributed by atoms with Crippen molar-refractivity contribution < 1.29 is 24.2 Å². The fourth-order valence-electron chi connectivity index (χ4n) is 3.12. The lowest BCUT2D eigenvalue weighted by Gasteiger charge is -2.19. The van der Waals surface area contributed by atoms with Gasteiger partial charge in [0.05, 0.1) is 17.0 Å². The number of hydrogen-bond acceptors (Lipinski definition) is 8. The van der Waals surface area contributed by atoms with E-state index in [9.17, 15) is 14.4 Å². The zero-order valence-corrected chi connectivity index (χ0v) is 17.9. The van der Waals surface area contributed by atoms with E-state index in [1.807, 2.05) is 0 Å². The normalized spacial score (nSPS) is 14.7. The van der Waals surface area contributed by atoms with Crippen LogP contribution in [0.1, 0.15) is 38.2 Å². The quantitative estimate of drug-likeness (QED) is 0.538. The fourth-order valence-corrected chi connectivity index (χ4v) is 4.66. The standard InChI is InChI=1S/C21H19N3O5S2/c25-10-8-22-17(26)7-9-24(20(28)16-6-3-11-30-16)21-23-14(12-31-21)19-18(27)13-4-1-2-5-15(13)29-19/h1-6,11-12,19,25H,7-10H2,(H,22,26). The van der Waals surface area contributed by atoms with Crippen LogP contribution >= 0.6 is 22.7 Å². The first-order chi connectivity index (χ1) is 15.1.